The molecule has 4 nitrogen and oxygen atoms in total. The Labute approximate surface area is 320 Å². The van der Waals surface area contributed by atoms with E-state index in [0.29, 0.717) is 55.3 Å². The van der Waals surface area contributed by atoms with Crippen molar-refractivity contribution in [1.82, 2.24) is 0 Å². The van der Waals surface area contributed by atoms with Gasteiger partial charge in [-0.15, -0.1) is 6.42 Å². The third-order valence-electron chi connectivity index (χ3n) is 10.1. The van der Waals surface area contributed by atoms with Gasteiger partial charge in [0.15, 0.2) is 0 Å². The first kappa shape index (κ1) is 44.9. The third-order valence-corrected chi connectivity index (χ3v) is 10.1. The molecule has 290 valence electrons. The molecule has 0 bridgehead atoms. The van der Waals surface area contributed by atoms with E-state index in [4.69, 9.17) is 25.4 Å². The Morgan fingerprint density at radius 2 is 0.942 bits per heavy atom. The Hall–Kier alpha value is -3.24. The van der Waals surface area contributed by atoms with Crippen LogP contribution in [0.15, 0.2) is 30.3 Å². The Bertz CT molecular complexity index is 1310. The van der Waals surface area contributed by atoms with E-state index in [0.717, 1.165) is 61.2 Å². The van der Waals surface area contributed by atoms with Crippen LogP contribution >= 0.6 is 0 Å². The van der Waals surface area contributed by atoms with Crippen molar-refractivity contribution < 1.29 is 18.9 Å². The number of benzene rings is 2. The fourth-order valence-electron chi connectivity index (χ4n) is 6.31. The summed E-state index contributed by atoms with van der Waals surface area (Å²) in [6.45, 7) is 16.2. The molecule has 4 heteroatoms. The summed E-state index contributed by atoms with van der Waals surface area (Å²) in [6, 6.07) is 10.0. The summed E-state index contributed by atoms with van der Waals surface area (Å²) < 4.78 is 25.6. The van der Waals surface area contributed by atoms with Gasteiger partial charge in [0.05, 0.1) is 43.1 Å². The topological polar surface area (TPSA) is 36.9 Å². The number of ether oxygens (including phenoxy) is 4. The van der Waals surface area contributed by atoms with Crippen molar-refractivity contribution in [3.8, 4) is 47.2 Å². The van der Waals surface area contributed by atoms with Gasteiger partial charge >= 0.3 is 0 Å². The largest absolute Gasteiger partial charge is 0.493 e. The monoisotopic (exact) mass is 715 g/mol. The van der Waals surface area contributed by atoms with Gasteiger partial charge in [0.25, 0.3) is 0 Å². The van der Waals surface area contributed by atoms with Crippen LogP contribution in [-0.2, 0) is 0 Å². The highest BCUT2D eigenvalue weighted by atomic mass is 16.5. The van der Waals surface area contributed by atoms with E-state index >= 15 is 0 Å². The lowest BCUT2D eigenvalue weighted by Crippen LogP contribution is -2.13. The van der Waals surface area contributed by atoms with Gasteiger partial charge in [-0.2, -0.15) is 0 Å². The molecule has 2 aromatic carbocycles. The van der Waals surface area contributed by atoms with Crippen LogP contribution in [0.25, 0.3) is 0 Å². The highest BCUT2D eigenvalue weighted by molar-refractivity contribution is 5.60. The van der Waals surface area contributed by atoms with E-state index in [1.807, 2.05) is 30.3 Å². The van der Waals surface area contributed by atoms with Gasteiger partial charge in [0.2, 0.25) is 0 Å². The summed E-state index contributed by atoms with van der Waals surface area (Å²) >= 11 is 0. The Morgan fingerprint density at radius 3 is 1.46 bits per heavy atom. The van der Waals surface area contributed by atoms with E-state index in [2.05, 4.69) is 59.3 Å². The number of terminal acetylenes is 1. The molecule has 0 aliphatic rings. The van der Waals surface area contributed by atoms with E-state index in [9.17, 15) is 0 Å². The van der Waals surface area contributed by atoms with Crippen molar-refractivity contribution in [1.29, 1.82) is 0 Å². The normalized spacial score (nSPS) is 12.0. The van der Waals surface area contributed by atoms with Crippen molar-refractivity contribution in [2.45, 2.75) is 170 Å². The predicted octanol–water partition coefficient (Wildman–Crippen LogP) is 13.7. The molecule has 0 radical (unpaired) electrons. The molecule has 2 unspecified atom stereocenters. The van der Waals surface area contributed by atoms with E-state index in [-0.39, 0.29) is 0 Å². The van der Waals surface area contributed by atoms with Crippen LogP contribution < -0.4 is 18.9 Å². The van der Waals surface area contributed by atoms with Crippen molar-refractivity contribution in [2.24, 2.45) is 11.8 Å². The minimum atomic E-state index is 0.519. The second kappa shape index (κ2) is 29.2. The number of hydrogen-bond donors (Lipinski definition) is 0. The molecule has 0 saturated carbocycles. The fourth-order valence-corrected chi connectivity index (χ4v) is 6.31. The van der Waals surface area contributed by atoms with Gasteiger partial charge < -0.3 is 18.9 Å². The van der Waals surface area contributed by atoms with Crippen molar-refractivity contribution >= 4 is 0 Å². The molecule has 0 fully saturated rings. The average molecular weight is 715 g/mol. The molecule has 2 atom stereocenters. The molecule has 52 heavy (non-hydrogen) atoms. The van der Waals surface area contributed by atoms with Crippen LogP contribution in [0.2, 0.25) is 0 Å². The van der Waals surface area contributed by atoms with Crippen LogP contribution in [0, 0.1) is 36.0 Å². The molecule has 0 aromatic heterocycles. The van der Waals surface area contributed by atoms with Crippen molar-refractivity contribution in [2.75, 3.05) is 26.4 Å². The van der Waals surface area contributed by atoms with Gasteiger partial charge in [-0.1, -0.05) is 162 Å². The summed E-state index contributed by atoms with van der Waals surface area (Å²) in [6.07, 6.45) is 29.9. The molecule has 0 aliphatic carbocycles. The third kappa shape index (κ3) is 18.5. The van der Waals surface area contributed by atoms with Crippen LogP contribution in [-0.4, -0.2) is 26.4 Å². The van der Waals surface area contributed by atoms with Crippen molar-refractivity contribution in [3.05, 3.63) is 47.0 Å². The predicted molar refractivity (Wildman–Crippen MR) is 222 cm³/mol. The molecule has 2 rings (SSSR count). The first-order valence-electron chi connectivity index (χ1n) is 21.3. The number of rotatable bonds is 30. The molecule has 0 saturated heterocycles. The first-order valence-corrected chi connectivity index (χ1v) is 21.3. The molecule has 0 spiro atoms. The fraction of sp³-hybridized carbons (Fsp3) is 0.667. The maximum absolute atomic E-state index is 6.50. The Kier molecular flexibility index (Phi) is 25.3. The van der Waals surface area contributed by atoms with Gasteiger partial charge in [0.1, 0.15) is 23.0 Å². The van der Waals surface area contributed by atoms with Gasteiger partial charge in [0, 0.05) is 12.1 Å². The van der Waals surface area contributed by atoms with Crippen LogP contribution in [0.4, 0.5) is 0 Å². The lowest BCUT2D eigenvalue weighted by atomic mass is 10.0. The standard InChI is InChI=1S/C48H74O4/c1-8-15-19-21-23-25-33-49-47-37-44(48(36-42(47)14-7)50-34-26-24-22-20-16-9-2)30-29-43-35-45(51-38-40(12-5)27-17-10-3)31-32-46(43)52-39-41(13-6)28-18-11-4/h7,31-32,35-37,40-41H,8-13,15-28,33-34,38-39H2,1-6H3. The molecule has 0 amide bonds. The maximum Gasteiger partial charge on any atom is 0.136 e. The Morgan fingerprint density at radius 1 is 0.481 bits per heavy atom. The maximum atomic E-state index is 6.50. The van der Waals surface area contributed by atoms with E-state index in [1.165, 1.54) is 89.9 Å². The van der Waals surface area contributed by atoms with Gasteiger partial charge in [-0.3, -0.25) is 0 Å². The molecule has 2 aromatic rings. The van der Waals surface area contributed by atoms with Crippen LogP contribution in [0.3, 0.4) is 0 Å². The average Bonchev–Trinajstić information content (AvgIpc) is 3.17. The number of hydrogen-bond acceptors (Lipinski definition) is 4. The van der Waals surface area contributed by atoms with Crippen LogP contribution in [0.5, 0.6) is 23.0 Å². The Balaban J connectivity index is 2.42. The molecular formula is C48H74O4. The van der Waals surface area contributed by atoms with Gasteiger partial charge in [-0.05, 0) is 55.7 Å². The minimum absolute atomic E-state index is 0.519. The second-order valence-corrected chi connectivity index (χ2v) is 14.6. The van der Waals surface area contributed by atoms with E-state index in [1.54, 1.807) is 0 Å². The SMILES string of the molecule is C#Cc1cc(OCCCCCCCC)c(C#Cc2cc(OCC(CC)CCCC)ccc2OCC(CC)CCCC)cc1OCCCCCCCC. The van der Waals surface area contributed by atoms with Crippen LogP contribution in [0.1, 0.15) is 187 Å². The summed E-state index contributed by atoms with van der Waals surface area (Å²) in [5.74, 6) is 13.9. The number of unbranched alkanes of at least 4 members (excludes halogenated alkanes) is 12. The molecule has 0 N–H and O–H groups in total. The summed E-state index contributed by atoms with van der Waals surface area (Å²) in [4.78, 5) is 0. The zero-order valence-corrected chi connectivity index (χ0v) is 34.2. The molecule has 0 aliphatic heterocycles. The quantitative estimate of drug-likeness (QED) is 0.0596. The minimum Gasteiger partial charge on any atom is -0.493 e. The first-order chi connectivity index (χ1) is 25.5. The smallest absolute Gasteiger partial charge is 0.136 e. The van der Waals surface area contributed by atoms with Crippen molar-refractivity contribution in [3.63, 3.8) is 0 Å². The summed E-state index contributed by atoms with van der Waals surface area (Å²) in [5, 5.41) is 0. The molecule has 0 heterocycles. The highest BCUT2D eigenvalue weighted by Gasteiger charge is 2.14. The van der Waals surface area contributed by atoms with Gasteiger partial charge in [-0.25, -0.2) is 0 Å². The second-order valence-electron chi connectivity index (χ2n) is 14.6. The highest BCUT2D eigenvalue weighted by Crippen LogP contribution is 2.31. The lowest BCUT2D eigenvalue weighted by Gasteiger charge is -2.18. The van der Waals surface area contributed by atoms with E-state index < -0.39 is 0 Å². The lowest BCUT2D eigenvalue weighted by molar-refractivity contribution is 0.227. The molecular weight excluding hydrogens is 641 g/mol. The zero-order chi connectivity index (χ0) is 37.7. The summed E-state index contributed by atoms with van der Waals surface area (Å²) in [7, 11) is 0. The zero-order valence-electron chi connectivity index (χ0n) is 34.2. The summed E-state index contributed by atoms with van der Waals surface area (Å²) in [5.41, 5.74) is 2.31.